The van der Waals surface area contributed by atoms with Crippen molar-refractivity contribution in [2.24, 2.45) is 0 Å². The van der Waals surface area contributed by atoms with E-state index in [-0.39, 0.29) is 17.6 Å². The van der Waals surface area contributed by atoms with E-state index in [1.807, 2.05) is 48.6 Å². The van der Waals surface area contributed by atoms with Crippen molar-refractivity contribution < 1.29 is 14.0 Å². The van der Waals surface area contributed by atoms with Crippen molar-refractivity contribution in [2.75, 3.05) is 24.3 Å². The Balaban J connectivity index is 1.85. The molecule has 0 unspecified atom stereocenters. The molecule has 0 aliphatic carbocycles. The van der Waals surface area contributed by atoms with Gasteiger partial charge in [-0.25, -0.2) is 4.39 Å². The maximum Gasteiger partial charge on any atom is 0.265 e. The molecule has 0 bridgehead atoms. The van der Waals surface area contributed by atoms with Crippen molar-refractivity contribution in [2.45, 2.75) is 20.0 Å². The van der Waals surface area contributed by atoms with Crippen LogP contribution in [0.2, 0.25) is 0 Å². The smallest absolute Gasteiger partial charge is 0.265 e. The number of anilines is 2. The zero-order chi connectivity index (χ0) is 21.7. The maximum absolute atomic E-state index is 13.6. The number of carbonyl (C=O) groups excluding carboxylic acids is 2. The topological polar surface area (TPSA) is 52.7 Å². The van der Waals surface area contributed by atoms with Crippen LogP contribution in [0.5, 0.6) is 0 Å². The number of halogens is 1. The fourth-order valence-electron chi connectivity index (χ4n) is 3.17. The molecule has 0 saturated heterocycles. The second kappa shape index (κ2) is 9.54. The van der Waals surface area contributed by atoms with Crippen molar-refractivity contribution >= 4 is 34.5 Å². The van der Waals surface area contributed by atoms with E-state index in [1.165, 1.54) is 30.4 Å². The summed E-state index contributed by atoms with van der Waals surface area (Å²) in [4.78, 5) is 28.9. The summed E-state index contributed by atoms with van der Waals surface area (Å²) in [6, 6.07) is 15.5. The number of benzene rings is 2. The van der Waals surface area contributed by atoms with Gasteiger partial charge in [0.2, 0.25) is 5.91 Å². The zero-order valence-electron chi connectivity index (χ0n) is 17.2. The molecule has 0 radical (unpaired) electrons. The van der Waals surface area contributed by atoms with Gasteiger partial charge in [-0.15, -0.1) is 11.3 Å². The number of hydrogen-bond donors (Lipinski definition) is 1. The van der Waals surface area contributed by atoms with Crippen molar-refractivity contribution in [3.8, 4) is 0 Å². The minimum absolute atomic E-state index is 0.114. The van der Waals surface area contributed by atoms with Gasteiger partial charge in [0.15, 0.2) is 0 Å². The number of carbonyl (C=O) groups is 2. The van der Waals surface area contributed by atoms with Crippen molar-refractivity contribution in [3.63, 3.8) is 0 Å². The van der Waals surface area contributed by atoms with E-state index in [1.54, 1.807) is 23.1 Å². The van der Waals surface area contributed by atoms with Gasteiger partial charge in [0, 0.05) is 45.5 Å². The minimum Gasteiger partial charge on any atom is -0.377 e. The minimum atomic E-state index is -0.330. The highest BCUT2D eigenvalue weighted by molar-refractivity contribution is 7.12. The van der Waals surface area contributed by atoms with E-state index in [0.29, 0.717) is 23.7 Å². The second-order valence-corrected chi connectivity index (χ2v) is 8.12. The predicted octanol–water partition coefficient (Wildman–Crippen LogP) is 4.75. The van der Waals surface area contributed by atoms with Gasteiger partial charge in [0.1, 0.15) is 5.82 Å². The van der Waals surface area contributed by atoms with Crippen LogP contribution in [-0.4, -0.2) is 30.8 Å². The third kappa shape index (κ3) is 5.45. The quantitative estimate of drug-likeness (QED) is 0.594. The zero-order valence-corrected chi connectivity index (χ0v) is 18.0. The number of thiophene rings is 1. The summed E-state index contributed by atoms with van der Waals surface area (Å²) in [5.74, 6) is -0.614. The number of nitrogens with zero attached hydrogens (tertiary/aromatic N) is 2. The standard InChI is InChI=1S/C23H24FN3O2S/c1-16(28)27(14-17-6-4-7-19(24)12-17)15-18-13-20(9-10-21(18)26(2)3)25-23(29)22-8-5-11-30-22/h4-13H,14-15H2,1-3H3,(H,25,29). The molecular weight excluding hydrogens is 401 g/mol. The van der Waals surface area contributed by atoms with Crippen LogP contribution in [0.25, 0.3) is 0 Å². The van der Waals surface area contributed by atoms with E-state index >= 15 is 0 Å². The molecule has 5 nitrogen and oxygen atoms in total. The molecule has 7 heteroatoms. The summed E-state index contributed by atoms with van der Waals surface area (Å²) in [7, 11) is 3.85. The first kappa shape index (κ1) is 21.5. The summed E-state index contributed by atoms with van der Waals surface area (Å²) in [6.45, 7) is 2.13. The van der Waals surface area contributed by atoms with Crippen molar-refractivity contribution in [1.82, 2.24) is 4.90 Å². The average molecular weight is 426 g/mol. The summed E-state index contributed by atoms with van der Waals surface area (Å²) >= 11 is 1.38. The third-order valence-corrected chi connectivity index (χ3v) is 5.50. The number of nitrogens with one attached hydrogen (secondary N) is 1. The summed E-state index contributed by atoms with van der Waals surface area (Å²) < 4.78 is 13.6. The second-order valence-electron chi connectivity index (χ2n) is 7.17. The fraction of sp³-hybridized carbons (Fsp3) is 0.217. The molecular formula is C23H24FN3O2S. The molecule has 3 rings (SSSR count). The van der Waals surface area contributed by atoms with Crippen LogP contribution < -0.4 is 10.2 Å². The molecule has 2 amide bonds. The highest BCUT2D eigenvalue weighted by atomic mass is 32.1. The van der Waals surface area contributed by atoms with Gasteiger partial charge in [-0.1, -0.05) is 18.2 Å². The van der Waals surface area contributed by atoms with Crippen LogP contribution in [0.3, 0.4) is 0 Å². The van der Waals surface area contributed by atoms with Crippen LogP contribution in [-0.2, 0) is 17.9 Å². The lowest BCUT2D eigenvalue weighted by atomic mass is 10.1. The van der Waals surface area contributed by atoms with Gasteiger partial charge in [0.05, 0.1) is 4.88 Å². The van der Waals surface area contributed by atoms with Gasteiger partial charge in [-0.2, -0.15) is 0 Å². The Hall–Kier alpha value is -3.19. The van der Waals surface area contributed by atoms with E-state index in [0.717, 1.165) is 16.8 Å². The fourth-order valence-corrected chi connectivity index (χ4v) is 3.79. The molecule has 0 aliphatic rings. The van der Waals surface area contributed by atoms with E-state index in [2.05, 4.69) is 5.32 Å². The van der Waals surface area contributed by atoms with Gasteiger partial charge in [0.25, 0.3) is 5.91 Å². The number of amides is 2. The van der Waals surface area contributed by atoms with Crippen molar-refractivity contribution in [3.05, 3.63) is 81.8 Å². The molecule has 0 aliphatic heterocycles. The maximum atomic E-state index is 13.6. The number of rotatable bonds is 7. The molecule has 1 N–H and O–H groups in total. The van der Waals surface area contributed by atoms with Crippen molar-refractivity contribution in [1.29, 1.82) is 0 Å². The Bertz CT molecular complexity index is 1030. The Morgan fingerprint density at radius 3 is 2.47 bits per heavy atom. The Labute approximate surface area is 179 Å². The molecule has 1 heterocycles. The molecule has 3 aromatic rings. The average Bonchev–Trinajstić information content (AvgIpc) is 3.22. The summed E-state index contributed by atoms with van der Waals surface area (Å²) in [5, 5.41) is 4.76. The molecule has 1 aromatic heterocycles. The molecule has 2 aromatic carbocycles. The summed E-state index contributed by atoms with van der Waals surface area (Å²) in [6.07, 6.45) is 0. The molecule has 0 spiro atoms. The van der Waals surface area contributed by atoms with E-state index < -0.39 is 0 Å². The molecule has 156 valence electrons. The van der Waals surface area contributed by atoms with Crippen LogP contribution in [0, 0.1) is 5.82 Å². The first-order chi connectivity index (χ1) is 14.3. The molecule has 0 atom stereocenters. The van der Waals surface area contributed by atoms with Crippen LogP contribution in [0.15, 0.2) is 60.0 Å². The largest absolute Gasteiger partial charge is 0.377 e. The van der Waals surface area contributed by atoms with Gasteiger partial charge < -0.3 is 15.1 Å². The Kier molecular flexibility index (Phi) is 6.84. The van der Waals surface area contributed by atoms with E-state index in [4.69, 9.17) is 0 Å². The lowest BCUT2D eigenvalue weighted by Crippen LogP contribution is -2.28. The highest BCUT2D eigenvalue weighted by Gasteiger charge is 2.16. The summed E-state index contributed by atoms with van der Waals surface area (Å²) in [5.41, 5.74) is 3.20. The predicted molar refractivity (Wildman–Crippen MR) is 119 cm³/mol. The molecule has 30 heavy (non-hydrogen) atoms. The van der Waals surface area contributed by atoms with Crippen LogP contribution in [0.4, 0.5) is 15.8 Å². The monoisotopic (exact) mass is 425 g/mol. The first-order valence-electron chi connectivity index (χ1n) is 9.48. The normalized spacial score (nSPS) is 10.5. The van der Waals surface area contributed by atoms with Gasteiger partial charge in [-0.05, 0) is 52.9 Å². The van der Waals surface area contributed by atoms with Gasteiger partial charge in [-0.3, -0.25) is 9.59 Å². The van der Waals surface area contributed by atoms with Gasteiger partial charge >= 0.3 is 0 Å². The third-order valence-electron chi connectivity index (χ3n) is 4.63. The van der Waals surface area contributed by atoms with E-state index in [9.17, 15) is 14.0 Å². The SMILES string of the molecule is CC(=O)N(Cc1cccc(F)c1)Cc1cc(NC(=O)c2cccs2)ccc1N(C)C. The first-order valence-corrected chi connectivity index (χ1v) is 10.4. The van der Waals surface area contributed by atoms with Crippen LogP contribution in [0.1, 0.15) is 27.7 Å². The lowest BCUT2D eigenvalue weighted by Gasteiger charge is -2.25. The molecule has 0 saturated carbocycles. The van der Waals surface area contributed by atoms with Crippen LogP contribution >= 0.6 is 11.3 Å². The number of hydrogen-bond acceptors (Lipinski definition) is 4. The Morgan fingerprint density at radius 2 is 1.83 bits per heavy atom. The lowest BCUT2D eigenvalue weighted by molar-refractivity contribution is -0.130. The molecule has 0 fully saturated rings. The highest BCUT2D eigenvalue weighted by Crippen LogP contribution is 2.26. The Morgan fingerprint density at radius 1 is 1.03 bits per heavy atom.